The topological polar surface area (TPSA) is 29.1 Å². The first-order valence-electron chi connectivity index (χ1n) is 7.53. The van der Waals surface area contributed by atoms with E-state index in [1.807, 2.05) is 0 Å². The summed E-state index contributed by atoms with van der Waals surface area (Å²) in [7, 11) is 0. The van der Waals surface area contributed by atoms with Gasteiger partial charge in [-0.3, -0.25) is 4.79 Å². The molecular weight excluding hydrogens is 210 g/mol. The van der Waals surface area contributed by atoms with Gasteiger partial charge in [0.1, 0.15) is 5.78 Å². The molecule has 96 valence electrons. The first-order valence-corrected chi connectivity index (χ1v) is 7.53. The van der Waals surface area contributed by atoms with E-state index in [1.54, 1.807) is 0 Å². The first-order chi connectivity index (χ1) is 8.31. The van der Waals surface area contributed by atoms with Gasteiger partial charge >= 0.3 is 0 Å². The molecule has 0 aromatic carbocycles. The number of carbonyl (C=O) groups is 1. The summed E-state index contributed by atoms with van der Waals surface area (Å²) in [5.74, 6) is 3.99. The minimum Gasteiger partial charge on any atom is -0.316 e. The SMILES string of the molecule is O=C(CCC1CCNC1)CC1CC2CCC1C2. The molecule has 1 N–H and O–H groups in total. The molecule has 1 aliphatic heterocycles. The van der Waals surface area contributed by atoms with Gasteiger partial charge in [0.15, 0.2) is 0 Å². The van der Waals surface area contributed by atoms with Crippen LogP contribution in [0.3, 0.4) is 0 Å². The van der Waals surface area contributed by atoms with Gasteiger partial charge in [-0.15, -0.1) is 0 Å². The Morgan fingerprint density at radius 2 is 2.12 bits per heavy atom. The molecule has 4 unspecified atom stereocenters. The minimum atomic E-state index is 0.550. The minimum absolute atomic E-state index is 0.550. The van der Waals surface area contributed by atoms with E-state index in [2.05, 4.69) is 5.32 Å². The van der Waals surface area contributed by atoms with Gasteiger partial charge in [0.05, 0.1) is 0 Å². The Balaban J connectivity index is 1.38. The molecule has 0 aromatic heterocycles. The summed E-state index contributed by atoms with van der Waals surface area (Å²) in [5.41, 5.74) is 0. The Kier molecular flexibility index (Phi) is 3.51. The number of hydrogen-bond acceptors (Lipinski definition) is 2. The van der Waals surface area contributed by atoms with E-state index in [-0.39, 0.29) is 0 Å². The van der Waals surface area contributed by atoms with Crippen LogP contribution in [-0.4, -0.2) is 18.9 Å². The lowest BCUT2D eigenvalue weighted by atomic mass is 9.84. The molecule has 4 atom stereocenters. The Bertz CT molecular complexity index is 283. The van der Waals surface area contributed by atoms with Crippen LogP contribution in [0, 0.1) is 23.7 Å². The van der Waals surface area contributed by atoms with Crippen LogP contribution in [0.15, 0.2) is 0 Å². The Morgan fingerprint density at radius 3 is 2.76 bits per heavy atom. The summed E-state index contributed by atoms with van der Waals surface area (Å²) in [6.07, 6.45) is 9.82. The Hall–Kier alpha value is -0.370. The fourth-order valence-corrected chi connectivity index (χ4v) is 4.35. The first kappa shape index (κ1) is 11.7. The molecule has 3 aliphatic rings. The van der Waals surface area contributed by atoms with Crippen LogP contribution >= 0.6 is 0 Å². The molecule has 17 heavy (non-hydrogen) atoms. The molecule has 2 nitrogen and oxygen atoms in total. The van der Waals surface area contributed by atoms with Crippen molar-refractivity contribution in [3.8, 4) is 0 Å². The monoisotopic (exact) mass is 235 g/mol. The smallest absolute Gasteiger partial charge is 0.133 e. The number of hydrogen-bond donors (Lipinski definition) is 1. The van der Waals surface area contributed by atoms with Crippen LogP contribution in [0.1, 0.15) is 51.4 Å². The van der Waals surface area contributed by atoms with Gasteiger partial charge in [-0.2, -0.15) is 0 Å². The molecule has 1 heterocycles. The summed E-state index contributed by atoms with van der Waals surface area (Å²) in [6, 6.07) is 0. The van der Waals surface area contributed by atoms with Crippen molar-refractivity contribution in [2.45, 2.75) is 51.4 Å². The molecule has 2 bridgehead atoms. The van der Waals surface area contributed by atoms with Crippen molar-refractivity contribution in [1.29, 1.82) is 0 Å². The van der Waals surface area contributed by atoms with Crippen LogP contribution in [0.25, 0.3) is 0 Å². The van der Waals surface area contributed by atoms with E-state index in [4.69, 9.17) is 0 Å². The largest absolute Gasteiger partial charge is 0.316 e. The normalized spacial score (nSPS) is 40.0. The highest BCUT2D eigenvalue weighted by molar-refractivity contribution is 5.78. The van der Waals surface area contributed by atoms with E-state index in [1.165, 1.54) is 32.1 Å². The van der Waals surface area contributed by atoms with Gasteiger partial charge in [0.25, 0.3) is 0 Å². The molecule has 3 fully saturated rings. The zero-order chi connectivity index (χ0) is 11.7. The maximum Gasteiger partial charge on any atom is 0.133 e. The summed E-state index contributed by atoms with van der Waals surface area (Å²) in [6.45, 7) is 2.30. The van der Waals surface area contributed by atoms with Crippen LogP contribution in [0.4, 0.5) is 0 Å². The van der Waals surface area contributed by atoms with Gasteiger partial charge < -0.3 is 5.32 Å². The summed E-state index contributed by atoms with van der Waals surface area (Å²) in [4.78, 5) is 12.0. The maximum atomic E-state index is 12.0. The molecule has 0 aromatic rings. The van der Waals surface area contributed by atoms with E-state index in [0.29, 0.717) is 5.78 Å². The molecule has 0 radical (unpaired) electrons. The molecule has 2 saturated carbocycles. The third-order valence-electron chi connectivity index (χ3n) is 5.37. The second kappa shape index (κ2) is 5.09. The number of fused-ring (bicyclic) bond motifs is 2. The molecular formula is C15H25NO. The predicted molar refractivity (Wildman–Crippen MR) is 68.8 cm³/mol. The lowest BCUT2D eigenvalue weighted by molar-refractivity contribution is -0.120. The maximum absolute atomic E-state index is 12.0. The van der Waals surface area contributed by atoms with Crippen molar-refractivity contribution in [3.63, 3.8) is 0 Å². The van der Waals surface area contributed by atoms with Gasteiger partial charge in [-0.25, -0.2) is 0 Å². The lowest BCUT2D eigenvalue weighted by Gasteiger charge is -2.20. The number of carbonyl (C=O) groups excluding carboxylic acids is 1. The molecule has 0 amide bonds. The van der Waals surface area contributed by atoms with Gasteiger partial charge in [-0.1, -0.05) is 6.42 Å². The molecule has 3 rings (SSSR count). The zero-order valence-corrected chi connectivity index (χ0v) is 10.8. The average Bonchev–Trinajstić information content (AvgIpc) is 3.03. The van der Waals surface area contributed by atoms with E-state index >= 15 is 0 Å². The number of Topliss-reactive ketones (excluding diaryl/α,β-unsaturated/α-hetero) is 1. The van der Waals surface area contributed by atoms with Crippen molar-refractivity contribution in [1.82, 2.24) is 5.32 Å². The van der Waals surface area contributed by atoms with Crippen molar-refractivity contribution < 1.29 is 4.79 Å². The van der Waals surface area contributed by atoms with Crippen molar-refractivity contribution in [2.75, 3.05) is 13.1 Å². The van der Waals surface area contributed by atoms with Crippen molar-refractivity contribution in [3.05, 3.63) is 0 Å². The lowest BCUT2D eigenvalue weighted by Crippen LogP contribution is -2.16. The van der Waals surface area contributed by atoms with Crippen LogP contribution in [0.5, 0.6) is 0 Å². The summed E-state index contributed by atoms with van der Waals surface area (Å²) in [5, 5.41) is 3.38. The number of rotatable bonds is 5. The summed E-state index contributed by atoms with van der Waals surface area (Å²) < 4.78 is 0. The van der Waals surface area contributed by atoms with Gasteiger partial charge in [0, 0.05) is 12.8 Å². The van der Waals surface area contributed by atoms with Crippen LogP contribution in [-0.2, 0) is 4.79 Å². The molecule has 2 aliphatic carbocycles. The fourth-order valence-electron chi connectivity index (χ4n) is 4.35. The predicted octanol–water partition coefficient (Wildman–Crippen LogP) is 2.77. The van der Waals surface area contributed by atoms with E-state index in [0.717, 1.165) is 56.0 Å². The highest BCUT2D eigenvalue weighted by Gasteiger charge is 2.39. The zero-order valence-electron chi connectivity index (χ0n) is 10.8. The second-order valence-electron chi connectivity index (χ2n) is 6.58. The highest BCUT2D eigenvalue weighted by Crippen LogP contribution is 2.49. The van der Waals surface area contributed by atoms with Crippen molar-refractivity contribution in [2.24, 2.45) is 23.7 Å². The highest BCUT2D eigenvalue weighted by atomic mass is 16.1. The van der Waals surface area contributed by atoms with Crippen molar-refractivity contribution >= 4 is 5.78 Å². The van der Waals surface area contributed by atoms with Gasteiger partial charge in [-0.05, 0) is 68.9 Å². The number of ketones is 1. The molecule has 1 saturated heterocycles. The fraction of sp³-hybridized carbons (Fsp3) is 0.933. The second-order valence-corrected chi connectivity index (χ2v) is 6.58. The summed E-state index contributed by atoms with van der Waals surface area (Å²) >= 11 is 0. The van der Waals surface area contributed by atoms with Crippen LogP contribution < -0.4 is 5.32 Å². The quantitative estimate of drug-likeness (QED) is 0.794. The molecule has 0 spiro atoms. The standard InChI is InChI=1S/C15H25NO/c17-15(4-2-11-5-6-16-10-11)9-14-8-12-1-3-13(14)7-12/h11-14,16H,1-10H2. The third-order valence-corrected chi connectivity index (χ3v) is 5.37. The Labute approximate surface area is 105 Å². The van der Waals surface area contributed by atoms with E-state index in [9.17, 15) is 4.79 Å². The Morgan fingerprint density at radius 1 is 1.18 bits per heavy atom. The number of nitrogens with one attached hydrogen (secondary N) is 1. The third kappa shape index (κ3) is 2.73. The van der Waals surface area contributed by atoms with E-state index < -0.39 is 0 Å². The van der Waals surface area contributed by atoms with Gasteiger partial charge in [0.2, 0.25) is 0 Å². The van der Waals surface area contributed by atoms with Crippen LogP contribution in [0.2, 0.25) is 0 Å². The molecule has 2 heteroatoms. The average molecular weight is 235 g/mol.